The van der Waals surface area contributed by atoms with Crippen molar-refractivity contribution < 1.29 is 9.53 Å². The molecule has 0 spiro atoms. The summed E-state index contributed by atoms with van der Waals surface area (Å²) in [6.45, 7) is 1.31. The second-order valence-corrected chi connectivity index (χ2v) is 3.50. The van der Waals surface area contributed by atoms with Crippen LogP contribution in [0.25, 0.3) is 0 Å². The number of nitriles is 1. The summed E-state index contributed by atoms with van der Waals surface area (Å²) in [5.41, 5.74) is 1.55. The molecule has 0 atom stereocenters. The average Bonchev–Trinajstić information content (AvgIpc) is 2.84. The van der Waals surface area contributed by atoms with Crippen LogP contribution in [0, 0.1) is 11.3 Å². The lowest BCUT2D eigenvalue weighted by atomic mass is 10.2. The molecule has 0 radical (unpaired) electrons. The summed E-state index contributed by atoms with van der Waals surface area (Å²) in [6.07, 6.45) is -0.141. The molecule has 1 aromatic rings. The van der Waals surface area contributed by atoms with Crippen LogP contribution in [0.2, 0.25) is 0 Å². The van der Waals surface area contributed by atoms with Crippen LogP contribution < -0.4 is 5.32 Å². The highest BCUT2D eigenvalue weighted by Crippen LogP contribution is 2.13. The Morgan fingerprint density at radius 3 is 2.82 bits per heavy atom. The molecule has 0 aliphatic carbocycles. The molecule has 0 aromatic heterocycles. The summed E-state index contributed by atoms with van der Waals surface area (Å²) in [5, 5.41) is 11.0. The van der Waals surface area contributed by atoms with E-state index >= 15 is 0 Å². The lowest BCUT2D eigenvalue weighted by molar-refractivity contribution is -0.115. The lowest BCUT2D eigenvalue weighted by Gasteiger charge is -2.05. The fourth-order valence-corrected chi connectivity index (χ4v) is 1.48. The zero-order chi connectivity index (χ0) is 12.1. The van der Waals surface area contributed by atoms with E-state index in [-0.39, 0.29) is 12.3 Å². The number of nitrogens with zero attached hydrogens (tertiary/aromatic N) is 2. The number of nitrogens with one attached hydrogen (secondary N) is 1. The molecule has 0 unspecified atom stereocenters. The highest BCUT2D eigenvalue weighted by molar-refractivity contribution is 5.96. The van der Waals surface area contributed by atoms with Gasteiger partial charge in [0.25, 0.3) is 0 Å². The number of carbonyl (C=O) groups excluding carboxylic acids is 1. The molecule has 0 saturated heterocycles. The first-order chi connectivity index (χ1) is 8.29. The van der Waals surface area contributed by atoms with E-state index in [0.717, 1.165) is 5.56 Å². The zero-order valence-corrected chi connectivity index (χ0v) is 9.14. The molecular weight excluding hydrogens is 218 g/mol. The number of amides is 1. The largest absolute Gasteiger partial charge is 0.476 e. The van der Waals surface area contributed by atoms with Gasteiger partial charge in [0, 0.05) is 11.3 Å². The predicted molar refractivity (Wildman–Crippen MR) is 62.7 cm³/mol. The summed E-state index contributed by atoms with van der Waals surface area (Å²) < 4.78 is 5.32. The normalized spacial score (nSPS) is 13.5. The number of ether oxygens (including phenoxy) is 1. The van der Waals surface area contributed by atoms with Gasteiger partial charge < -0.3 is 10.1 Å². The SMILES string of the molecule is N#CCC(=O)Nc1ccc(C2=NCCO2)cc1. The Labute approximate surface area is 98.7 Å². The first kappa shape index (κ1) is 11.1. The van der Waals surface area contributed by atoms with E-state index in [9.17, 15) is 4.79 Å². The van der Waals surface area contributed by atoms with Crippen LogP contribution in [-0.2, 0) is 9.53 Å². The van der Waals surface area contributed by atoms with Gasteiger partial charge in [0.2, 0.25) is 11.8 Å². The highest BCUT2D eigenvalue weighted by Gasteiger charge is 2.10. The van der Waals surface area contributed by atoms with Crippen molar-refractivity contribution in [2.45, 2.75) is 6.42 Å². The van der Waals surface area contributed by atoms with Gasteiger partial charge in [0.05, 0.1) is 12.6 Å². The van der Waals surface area contributed by atoms with Crippen molar-refractivity contribution >= 4 is 17.5 Å². The molecule has 0 fully saturated rings. The van der Waals surface area contributed by atoms with Crippen LogP contribution in [0.1, 0.15) is 12.0 Å². The molecule has 0 saturated carbocycles. The number of carbonyl (C=O) groups is 1. The van der Waals surface area contributed by atoms with Crippen LogP contribution >= 0.6 is 0 Å². The van der Waals surface area contributed by atoms with Gasteiger partial charge in [-0.15, -0.1) is 0 Å². The van der Waals surface area contributed by atoms with E-state index in [1.165, 1.54) is 0 Å². The second kappa shape index (κ2) is 5.12. The number of benzene rings is 1. The van der Waals surface area contributed by atoms with Crippen LogP contribution in [0.15, 0.2) is 29.3 Å². The topological polar surface area (TPSA) is 74.5 Å². The van der Waals surface area contributed by atoms with Gasteiger partial charge in [-0.25, -0.2) is 4.99 Å². The summed E-state index contributed by atoms with van der Waals surface area (Å²) in [7, 11) is 0. The van der Waals surface area contributed by atoms with Crippen molar-refractivity contribution in [1.29, 1.82) is 5.26 Å². The molecular formula is C12H11N3O2. The molecule has 1 aliphatic heterocycles. The van der Waals surface area contributed by atoms with Gasteiger partial charge in [-0.05, 0) is 24.3 Å². The highest BCUT2D eigenvalue weighted by atomic mass is 16.5. The average molecular weight is 229 g/mol. The third kappa shape index (κ3) is 2.82. The molecule has 17 heavy (non-hydrogen) atoms. The predicted octanol–water partition coefficient (Wildman–Crippen LogP) is 1.32. The minimum atomic E-state index is -0.310. The minimum absolute atomic E-state index is 0.141. The molecule has 1 amide bonds. The quantitative estimate of drug-likeness (QED) is 0.849. The molecule has 5 heteroatoms. The van der Waals surface area contributed by atoms with Crippen LogP contribution in [-0.4, -0.2) is 25.0 Å². The summed E-state index contributed by atoms with van der Waals surface area (Å²) in [6, 6.07) is 8.96. The van der Waals surface area contributed by atoms with E-state index < -0.39 is 0 Å². The number of aliphatic imine (C=N–C) groups is 1. The van der Waals surface area contributed by atoms with E-state index in [0.29, 0.717) is 24.7 Å². The maximum atomic E-state index is 11.2. The van der Waals surface area contributed by atoms with Crippen molar-refractivity contribution in [2.75, 3.05) is 18.5 Å². The molecule has 86 valence electrons. The summed E-state index contributed by atoms with van der Waals surface area (Å²) >= 11 is 0. The van der Waals surface area contributed by atoms with Crippen molar-refractivity contribution in [2.24, 2.45) is 4.99 Å². The van der Waals surface area contributed by atoms with Crippen molar-refractivity contribution in [1.82, 2.24) is 0 Å². The van der Waals surface area contributed by atoms with Crippen LogP contribution in [0.3, 0.4) is 0 Å². The van der Waals surface area contributed by atoms with Gasteiger partial charge >= 0.3 is 0 Å². The Kier molecular flexibility index (Phi) is 3.36. The summed E-state index contributed by atoms with van der Waals surface area (Å²) in [4.78, 5) is 15.4. The molecule has 5 nitrogen and oxygen atoms in total. The lowest BCUT2D eigenvalue weighted by Crippen LogP contribution is -2.10. The van der Waals surface area contributed by atoms with Crippen molar-refractivity contribution in [3.63, 3.8) is 0 Å². The molecule has 2 rings (SSSR count). The van der Waals surface area contributed by atoms with Crippen molar-refractivity contribution in [3.05, 3.63) is 29.8 Å². The Morgan fingerprint density at radius 2 is 2.24 bits per heavy atom. The number of hydrogen-bond donors (Lipinski definition) is 1. The Morgan fingerprint density at radius 1 is 1.47 bits per heavy atom. The van der Waals surface area contributed by atoms with Gasteiger partial charge in [-0.2, -0.15) is 5.26 Å². The van der Waals surface area contributed by atoms with Gasteiger partial charge in [0.15, 0.2) is 0 Å². The number of rotatable bonds is 3. The monoisotopic (exact) mass is 229 g/mol. The third-order valence-electron chi connectivity index (χ3n) is 2.24. The van der Waals surface area contributed by atoms with E-state index in [1.807, 2.05) is 12.1 Å². The molecule has 1 aromatic carbocycles. The fraction of sp³-hybridized carbons (Fsp3) is 0.250. The van der Waals surface area contributed by atoms with E-state index in [2.05, 4.69) is 10.3 Å². The first-order valence-corrected chi connectivity index (χ1v) is 5.24. The maximum absolute atomic E-state index is 11.2. The standard InChI is InChI=1S/C12H11N3O2/c13-6-5-11(16)15-10-3-1-9(2-4-10)12-14-7-8-17-12/h1-4H,5,7-8H2,(H,15,16). The van der Waals surface area contributed by atoms with Gasteiger partial charge in [0.1, 0.15) is 13.0 Å². The van der Waals surface area contributed by atoms with E-state index in [4.69, 9.17) is 10.00 Å². The minimum Gasteiger partial charge on any atom is -0.476 e. The molecule has 1 aliphatic rings. The maximum Gasteiger partial charge on any atom is 0.238 e. The fourth-order valence-electron chi connectivity index (χ4n) is 1.48. The van der Waals surface area contributed by atoms with Gasteiger partial charge in [-0.1, -0.05) is 0 Å². The van der Waals surface area contributed by atoms with Crippen molar-refractivity contribution in [3.8, 4) is 6.07 Å². The van der Waals surface area contributed by atoms with Crippen LogP contribution in [0.4, 0.5) is 5.69 Å². The third-order valence-corrected chi connectivity index (χ3v) is 2.24. The zero-order valence-electron chi connectivity index (χ0n) is 9.14. The Bertz CT molecular complexity index is 485. The second-order valence-electron chi connectivity index (χ2n) is 3.50. The van der Waals surface area contributed by atoms with Crippen LogP contribution in [0.5, 0.6) is 0 Å². The van der Waals surface area contributed by atoms with Gasteiger partial charge in [-0.3, -0.25) is 4.79 Å². The Balaban J connectivity index is 2.03. The Hall–Kier alpha value is -2.35. The molecule has 0 bridgehead atoms. The smallest absolute Gasteiger partial charge is 0.238 e. The molecule has 1 heterocycles. The van der Waals surface area contributed by atoms with E-state index in [1.54, 1.807) is 18.2 Å². The summed E-state index contributed by atoms with van der Waals surface area (Å²) in [5.74, 6) is 0.328. The number of hydrogen-bond acceptors (Lipinski definition) is 4. The number of anilines is 1. The molecule has 1 N–H and O–H groups in total. The first-order valence-electron chi connectivity index (χ1n) is 5.24.